The molecule has 1 aromatic rings. The molecule has 1 fully saturated rings. The van der Waals surface area contributed by atoms with Crippen LogP contribution in [0.2, 0.25) is 0 Å². The summed E-state index contributed by atoms with van der Waals surface area (Å²) in [6.07, 6.45) is 1.10. The van der Waals surface area contributed by atoms with Gasteiger partial charge in [0.15, 0.2) is 11.5 Å². The predicted octanol–water partition coefficient (Wildman–Crippen LogP) is 1.23. The van der Waals surface area contributed by atoms with Gasteiger partial charge in [0, 0.05) is 19.7 Å². The Hall–Kier alpha value is -1.26. The first kappa shape index (κ1) is 10.9. The number of hydrogen-bond acceptors (Lipinski definition) is 4. The number of fused-ring (bicyclic) bond motifs is 1. The Kier molecular flexibility index (Phi) is 2.91. The normalized spacial score (nSPS) is 23.2. The van der Waals surface area contributed by atoms with Crippen LogP contribution in [-0.2, 0) is 6.54 Å². The van der Waals surface area contributed by atoms with Crippen LogP contribution in [0.3, 0.4) is 0 Å². The van der Waals surface area contributed by atoms with Gasteiger partial charge in [0.2, 0.25) is 6.79 Å². The van der Waals surface area contributed by atoms with Gasteiger partial charge in [-0.15, -0.1) is 0 Å². The second kappa shape index (κ2) is 4.55. The van der Waals surface area contributed by atoms with Crippen LogP contribution in [-0.4, -0.2) is 36.5 Å². The summed E-state index contributed by atoms with van der Waals surface area (Å²) in [7, 11) is 0. The molecule has 1 aromatic carbocycles. The molecule has 1 unspecified atom stereocenters. The Morgan fingerprint density at radius 3 is 3.00 bits per heavy atom. The maximum Gasteiger partial charge on any atom is 0.231 e. The molecule has 17 heavy (non-hydrogen) atoms. The molecular formula is C13H17NO3. The molecule has 0 saturated carbocycles. The number of rotatable bonds is 3. The summed E-state index contributed by atoms with van der Waals surface area (Å²) in [5.41, 5.74) is 1.24. The van der Waals surface area contributed by atoms with Crippen LogP contribution < -0.4 is 9.47 Å². The average Bonchev–Trinajstić information content (AvgIpc) is 2.96. The van der Waals surface area contributed by atoms with E-state index in [1.54, 1.807) is 0 Å². The van der Waals surface area contributed by atoms with E-state index in [2.05, 4.69) is 17.0 Å². The van der Waals surface area contributed by atoms with Crippen molar-refractivity contribution < 1.29 is 14.6 Å². The van der Waals surface area contributed by atoms with E-state index in [0.29, 0.717) is 19.3 Å². The fourth-order valence-corrected chi connectivity index (χ4v) is 2.50. The Balaban J connectivity index is 1.65. The minimum Gasteiger partial charge on any atom is -0.454 e. The standard InChI is InChI=1S/C13H17NO3/c15-8-11-3-4-14(7-11)6-10-1-2-12-13(5-10)17-9-16-12/h1-2,5,11,15H,3-4,6-9H2. The topological polar surface area (TPSA) is 41.9 Å². The summed E-state index contributed by atoms with van der Waals surface area (Å²) in [5.74, 6) is 2.13. The van der Waals surface area contributed by atoms with Crippen molar-refractivity contribution in [3.05, 3.63) is 23.8 Å². The molecule has 0 spiro atoms. The van der Waals surface area contributed by atoms with Gasteiger partial charge in [-0.05, 0) is 36.6 Å². The molecule has 1 saturated heterocycles. The fourth-order valence-electron chi connectivity index (χ4n) is 2.50. The molecular weight excluding hydrogens is 218 g/mol. The lowest BCUT2D eigenvalue weighted by molar-refractivity contribution is 0.174. The van der Waals surface area contributed by atoms with Crippen molar-refractivity contribution >= 4 is 0 Å². The van der Waals surface area contributed by atoms with Gasteiger partial charge in [-0.25, -0.2) is 0 Å². The molecule has 4 nitrogen and oxygen atoms in total. The van der Waals surface area contributed by atoms with E-state index in [1.165, 1.54) is 5.56 Å². The molecule has 4 heteroatoms. The van der Waals surface area contributed by atoms with Crippen LogP contribution in [0.1, 0.15) is 12.0 Å². The van der Waals surface area contributed by atoms with Gasteiger partial charge in [0.1, 0.15) is 0 Å². The highest BCUT2D eigenvalue weighted by molar-refractivity contribution is 5.44. The van der Waals surface area contributed by atoms with E-state index in [0.717, 1.165) is 37.6 Å². The molecule has 0 bridgehead atoms. The number of ether oxygens (including phenoxy) is 2. The van der Waals surface area contributed by atoms with E-state index in [1.807, 2.05) is 6.07 Å². The monoisotopic (exact) mass is 235 g/mol. The first-order chi connectivity index (χ1) is 8.35. The van der Waals surface area contributed by atoms with Crippen molar-refractivity contribution in [2.24, 2.45) is 5.92 Å². The van der Waals surface area contributed by atoms with Crippen molar-refractivity contribution in [3.63, 3.8) is 0 Å². The summed E-state index contributed by atoms with van der Waals surface area (Å²) in [6.45, 7) is 3.62. The lowest BCUT2D eigenvalue weighted by atomic mass is 10.1. The maximum atomic E-state index is 9.11. The molecule has 0 amide bonds. The smallest absolute Gasteiger partial charge is 0.231 e. The summed E-state index contributed by atoms with van der Waals surface area (Å²) >= 11 is 0. The summed E-state index contributed by atoms with van der Waals surface area (Å²) in [6, 6.07) is 6.10. The third-order valence-corrected chi connectivity index (χ3v) is 3.47. The SMILES string of the molecule is OCC1CCN(Cc2ccc3c(c2)OCO3)C1. The molecule has 0 aliphatic carbocycles. The second-order valence-electron chi connectivity index (χ2n) is 4.76. The Bertz CT molecular complexity index is 408. The average molecular weight is 235 g/mol. The molecule has 1 N–H and O–H groups in total. The van der Waals surface area contributed by atoms with E-state index in [4.69, 9.17) is 14.6 Å². The van der Waals surface area contributed by atoms with Crippen LogP contribution in [0.15, 0.2) is 18.2 Å². The van der Waals surface area contributed by atoms with Gasteiger partial charge >= 0.3 is 0 Å². The van der Waals surface area contributed by atoms with Crippen LogP contribution in [0.4, 0.5) is 0 Å². The summed E-state index contributed by atoms with van der Waals surface area (Å²) in [5, 5.41) is 9.11. The van der Waals surface area contributed by atoms with Crippen molar-refractivity contribution in [2.45, 2.75) is 13.0 Å². The minimum absolute atomic E-state index is 0.303. The lowest BCUT2D eigenvalue weighted by Gasteiger charge is -2.15. The number of aliphatic hydroxyl groups is 1. The van der Waals surface area contributed by atoms with Crippen LogP contribution in [0, 0.1) is 5.92 Å². The Morgan fingerprint density at radius 1 is 1.29 bits per heavy atom. The largest absolute Gasteiger partial charge is 0.454 e. The van der Waals surface area contributed by atoms with Crippen LogP contribution in [0.5, 0.6) is 11.5 Å². The first-order valence-electron chi connectivity index (χ1n) is 6.07. The molecule has 2 aliphatic heterocycles. The van der Waals surface area contributed by atoms with Gasteiger partial charge in [-0.3, -0.25) is 4.90 Å². The van der Waals surface area contributed by atoms with Crippen molar-refractivity contribution in [3.8, 4) is 11.5 Å². The highest BCUT2D eigenvalue weighted by Gasteiger charge is 2.22. The Labute approximate surface area is 101 Å². The van der Waals surface area contributed by atoms with E-state index in [9.17, 15) is 0 Å². The number of benzene rings is 1. The summed E-state index contributed by atoms with van der Waals surface area (Å²) in [4.78, 5) is 2.37. The highest BCUT2D eigenvalue weighted by atomic mass is 16.7. The predicted molar refractivity (Wildman–Crippen MR) is 63.0 cm³/mol. The van der Waals surface area contributed by atoms with E-state index in [-0.39, 0.29) is 0 Å². The third kappa shape index (κ3) is 2.23. The van der Waals surface area contributed by atoms with Crippen molar-refractivity contribution in [1.29, 1.82) is 0 Å². The number of nitrogens with zero attached hydrogens (tertiary/aromatic N) is 1. The van der Waals surface area contributed by atoms with E-state index >= 15 is 0 Å². The number of likely N-dealkylation sites (tertiary alicyclic amines) is 1. The zero-order valence-electron chi connectivity index (χ0n) is 9.76. The summed E-state index contributed by atoms with van der Waals surface area (Å²) < 4.78 is 10.7. The molecule has 92 valence electrons. The third-order valence-electron chi connectivity index (χ3n) is 3.47. The van der Waals surface area contributed by atoms with Gasteiger partial charge in [0.05, 0.1) is 0 Å². The molecule has 2 aliphatic rings. The van der Waals surface area contributed by atoms with Crippen LogP contribution in [0.25, 0.3) is 0 Å². The zero-order valence-corrected chi connectivity index (χ0v) is 9.76. The molecule has 0 aromatic heterocycles. The zero-order chi connectivity index (χ0) is 11.7. The first-order valence-corrected chi connectivity index (χ1v) is 6.07. The van der Waals surface area contributed by atoms with Gasteiger partial charge < -0.3 is 14.6 Å². The van der Waals surface area contributed by atoms with Crippen LogP contribution >= 0.6 is 0 Å². The van der Waals surface area contributed by atoms with Crippen molar-refractivity contribution in [2.75, 3.05) is 26.5 Å². The number of hydrogen-bond donors (Lipinski definition) is 1. The van der Waals surface area contributed by atoms with Gasteiger partial charge in [-0.1, -0.05) is 6.07 Å². The fraction of sp³-hybridized carbons (Fsp3) is 0.538. The molecule has 0 radical (unpaired) electrons. The second-order valence-corrected chi connectivity index (χ2v) is 4.76. The lowest BCUT2D eigenvalue weighted by Crippen LogP contribution is -2.20. The van der Waals surface area contributed by atoms with Gasteiger partial charge in [0.25, 0.3) is 0 Å². The molecule has 1 atom stereocenters. The highest BCUT2D eigenvalue weighted by Crippen LogP contribution is 2.33. The van der Waals surface area contributed by atoms with E-state index < -0.39 is 0 Å². The van der Waals surface area contributed by atoms with Crippen molar-refractivity contribution in [1.82, 2.24) is 4.90 Å². The number of aliphatic hydroxyl groups excluding tert-OH is 1. The molecule has 2 heterocycles. The quantitative estimate of drug-likeness (QED) is 0.855. The minimum atomic E-state index is 0.303. The maximum absolute atomic E-state index is 9.11. The Morgan fingerprint density at radius 2 is 2.18 bits per heavy atom. The molecule has 3 rings (SSSR count). The van der Waals surface area contributed by atoms with Gasteiger partial charge in [-0.2, -0.15) is 0 Å².